The number of para-hydroxylation sites is 2. The molecule has 0 unspecified atom stereocenters. The summed E-state index contributed by atoms with van der Waals surface area (Å²) in [5.74, 6) is 0.899. The number of furan rings is 1. The van der Waals surface area contributed by atoms with E-state index < -0.39 is 8.07 Å². The van der Waals surface area contributed by atoms with Crippen LogP contribution in [-0.4, -0.2) is 14.9 Å². The highest BCUT2D eigenvalue weighted by molar-refractivity contribution is 7.22. The molecule has 10 aromatic rings. The van der Waals surface area contributed by atoms with Gasteiger partial charge < -0.3 is 9.23 Å². The fourth-order valence-electron chi connectivity index (χ4n) is 13.5. The summed E-state index contributed by atoms with van der Waals surface area (Å²) in [6.45, 7) is 16.5. The summed E-state index contributed by atoms with van der Waals surface area (Å²) in [4.78, 5) is 5.30. The molecule has 0 radical (unpaired) electrons. The van der Waals surface area contributed by atoms with Crippen LogP contribution in [0.3, 0.4) is 0 Å². The standard InChI is InChI=1S/C66H57BN2OSi/c1-64(2,3)44-34-35-53(49(39-44)42-22-11-8-12-23-42)68-55-38-43-24-17-18-29-47(43)59-48-30-21-33-58-62(48)69(54-31-19-20-32-57(54)71(58,45-25-13-9-14-26-45)46-27-15-10-16-28-46)67(61(55)59)60-50-40-51-52(41-56(50)70-63(60)68)66(6,7)37-36-65(51,4)5/h8-35,38-41H,36-37H2,1-7H3. The van der Waals surface area contributed by atoms with E-state index in [9.17, 15) is 0 Å². The zero-order valence-corrected chi connectivity index (χ0v) is 42.8. The van der Waals surface area contributed by atoms with E-state index in [4.69, 9.17) is 4.42 Å². The van der Waals surface area contributed by atoms with E-state index in [0.29, 0.717) is 0 Å². The Morgan fingerprint density at radius 3 is 1.85 bits per heavy atom. The van der Waals surface area contributed by atoms with Crippen LogP contribution < -0.4 is 41.4 Å². The summed E-state index contributed by atoms with van der Waals surface area (Å²) < 4.78 is 7.74. The van der Waals surface area contributed by atoms with Crippen LogP contribution in [0, 0.1) is 0 Å². The molecule has 0 saturated carbocycles. The van der Waals surface area contributed by atoms with Crippen molar-refractivity contribution < 1.29 is 4.42 Å². The van der Waals surface area contributed by atoms with Crippen molar-refractivity contribution in [2.24, 2.45) is 0 Å². The molecule has 0 atom stereocenters. The van der Waals surface area contributed by atoms with Crippen LogP contribution in [0.15, 0.2) is 199 Å². The van der Waals surface area contributed by atoms with Gasteiger partial charge in [0.25, 0.3) is 0 Å². The zero-order valence-electron chi connectivity index (χ0n) is 41.8. The summed E-state index contributed by atoms with van der Waals surface area (Å²) in [6.07, 6.45) is 2.27. The molecule has 71 heavy (non-hydrogen) atoms. The molecule has 0 saturated heterocycles. The van der Waals surface area contributed by atoms with Gasteiger partial charge in [-0.1, -0.05) is 206 Å². The highest BCUT2D eigenvalue weighted by Gasteiger charge is 2.56. The molecule has 0 N–H and O–H groups in total. The topological polar surface area (TPSA) is 19.6 Å². The van der Waals surface area contributed by atoms with Crippen molar-refractivity contribution in [1.82, 2.24) is 0 Å². The maximum absolute atomic E-state index is 7.74. The average Bonchev–Trinajstić information content (AvgIpc) is 3.76. The van der Waals surface area contributed by atoms with Crippen LogP contribution in [0.2, 0.25) is 0 Å². The lowest BCUT2D eigenvalue weighted by atomic mass is 9.43. The predicted octanol–water partition coefficient (Wildman–Crippen LogP) is 13.3. The molecule has 4 aliphatic rings. The summed E-state index contributed by atoms with van der Waals surface area (Å²) in [5, 5.41) is 9.32. The van der Waals surface area contributed by atoms with Crippen LogP contribution in [-0.2, 0) is 16.2 Å². The molecule has 5 heteroatoms. The number of anilines is 5. The van der Waals surface area contributed by atoms with Crippen LogP contribution >= 0.6 is 0 Å². The number of hydrogen-bond acceptors (Lipinski definition) is 3. The van der Waals surface area contributed by atoms with E-state index in [-0.39, 0.29) is 23.1 Å². The first kappa shape index (κ1) is 42.5. The fourth-order valence-corrected chi connectivity index (χ4v) is 18.6. The average molecular weight is 933 g/mol. The van der Waals surface area contributed by atoms with E-state index in [2.05, 4.69) is 252 Å². The van der Waals surface area contributed by atoms with Gasteiger partial charge in [-0.2, -0.15) is 0 Å². The van der Waals surface area contributed by atoms with Crippen molar-refractivity contribution in [3.8, 4) is 22.3 Å². The summed E-state index contributed by atoms with van der Waals surface area (Å²) >= 11 is 0. The van der Waals surface area contributed by atoms with Crippen LogP contribution in [0.4, 0.5) is 28.6 Å². The number of nitrogens with zero attached hydrogens (tertiary/aromatic N) is 2. The van der Waals surface area contributed by atoms with Gasteiger partial charge in [-0.25, -0.2) is 0 Å². The fraction of sp³-hybridized carbons (Fsp3) is 0.182. The van der Waals surface area contributed by atoms with Crippen LogP contribution in [0.1, 0.15) is 78.0 Å². The minimum Gasteiger partial charge on any atom is -0.440 e. The van der Waals surface area contributed by atoms with Gasteiger partial charge >= 0.3 is 6.85 Å². The second-order valence-electron chi connectivity index (χ2n) is 23.0. The Morgan fingerprint density at radius 1 is 0.521 bits per heavy atom. The van der Waals surface area contributed by atoms with Gasteiger partial charge in [0.05, 0.1) is 5.69 Å². The first-order valence-corrected chi connectivity index (χ1v) is 27.7. The van der Waals surface area contributed by atoms with E-state index in [1.807, 2.05) is 0 Å². The SMILES string of the molecule is CC(C)(C)c1ccc(N2c3cc4ccccc4c4c3B(c3c2oc2cc5c(cc32)C(C)(C)CCC5(C)C)N2c3ccccc3[Si](c3ccccc3)(c3ccccc3)c3cccc-4c32)c(-c2ccccc2)c1. The van der Waals surface area contributed by atoms with Crippen molar-refractivity contribution in [1.29, 1.82) is 0 Å². The number of benzene rings is 9. The first-order chi connectivity index (χ1) is 34.4. The predicted molar refractivity (Wildman–Crippen MR) is 304 cm³/mol. The van der Waals surface area contributed by atoms with Crippen molar-refractivity contribution >= 4 is 97.0 Å². The van der Waals surface area contributed by atoms with Gasteiger partial charge in [-0.3, -0.25) is 4.90 Å². The molecule has 1 aliphatic carbocycles. The third kappa shape index (κ3) is 5.84. The lowest BCUT2D eigenvalue weighted by Gasteiger charge is -2.51. The molecule has 3 aliphatic heterocycles. The highest BCUT2D eigenvalue weighted by atomic mass is 28.3. The lowest BCUT2D eigenvalue weighted by molar-refractivity contribution is 0.332. The van der Waals surface area contributed by atoms with E-state index in [0.717, 1.165) is 35.7 Å². The Labute approximate surface area is 419 Å². The Morgan fingerprint density at radius 2 is 1.14 bits per heavy atom. The molecule has 3 nitrogen and oxygen atoms in total. The molecular formula is C66H57BN2OSi. The van der Waals surface area contributed by atoms with Gasteiger partial charge in [-0.05, 0) is 130 Å². The molecule has 0 fully saturated rings. The van der Waals surface area contributed by atoms with E-state index in [1.54, 1.807) is 0 Å². The molecule has 9 aromatic carbocycles. The maximum Gasteiger partial charge on any atom is 0.337 e. The van der Waals surface area contributed by atoms with Gasteiger partial charge in [0.1, 0.15) is 5.58 Å². The Kier molecular flexibility index (Phi) is 8.90. The third-order valence-corrected chi connectivity index (χ3v) is 22.0. The van der Waals surface area contributed by atoms with Gasteiger partial charge in [0, 0.05) is 39.0 Å². The van der Waals surface area contributed by atoms with E-state index >= 15 is 0 Å². The number of hydrogen-bond donors (Lipinski definition) is 0. The highest BCUT2D eigenvalue weighted by Crippen LogP contribution is 2.54. The minimum absolute atomic E-state index is 0.000709. The minimum atomic E-state index is -2.95. The third-order valence-electron chi connectivity index (χ3n) is 17.1. The molecule has 4 heterocycles. The Bertz CT molecular complexity index is 3790. The van der Waals surface area contributed by atoms with Crippen LogP contribution in [0.5, 0.6) is 0 Å². The summed E-state index contributed by atoms with van der Waals surface area (Å²) in [7, 11) is -2.95. The largest absolute Gasteiger partial charge is 0.440 e. The van der Waals surface area contributed by atoms with Gasteiger partial charge in [-0.15, -0.1) is 0 Å². The zero-order chi connectivity index (χ0) is 48.2. The second-order valence-corrected chi connectivity index (χ2v) is 26.8. The van der Waals surface area contributed by atoms with Crippen molar-refractivity contribution in [2.45, 2.75) is 77.6 Å². The van der Waals surface area contributed by atoms with Gasteiger partial charge in [0.15, 0.2) is 8.07 Å². The number of fused-ring (bicyclic) bond motifs is 11. The first-order valence-electron chi connectivity index (χ1n) is 25.7. The molecule has 1 aromatic heterocycles. The smallest absolute Gasteiger partial charge is 0.337 e. The molecule has 0 spiro atoms. The lowest BCUT2D eigenvalue weighted by Crippen LogP contribution is -2.79. The Balaban J connectivity index is 1.18. The van der Waals surface area contributed by atoms with Gasteiger partial charge in [0.2, 0.25) is 5.88 Å². The second kappa shape index (κ2) is 14.9. The molecule has 14 rings (SSSR count). The summed E-state index contributed by atoms with van der Waals surface area (Å²) in [6, 6.07) is 74.4. The molecular weight excluding hydrogens is 876 g/mol. The van der Waals surface area contributed by atoms with Crippen LogP contribution in [0.25, 0.3) is 44.0 Å². The van der Waals surface area contributed by atoms with Crippen molar-refractivity contribution in [2.75, 3.05) is 9.71 Å². The molecule has 0 amide bonds. The Hall–Kier alpha value is -7.34. The molecule has 0 bridgehead atoms. The normalized spacial score (nSPS) is 16.5. The van der Waals surface area contributed by atoms with Crippen molar-refractivity contribution in [3.05, 3.63) is 211 Å². The van der Waals surface area contributed by atoms with Crippen molar-refractivity contribution in [3.63, 3.8) is 0 Å². The number of rotatable bonds is 4. The maximum atomic E-state index is 7.74. The quantitative estimate of drug-likeness (QED) is 0.164. The monoisotopic (exact) mass is 932 g/mol. The summed E-state index contributed by atoms with van der Waals surface area (Å²) in [5.41, 5.74) is 17.5. The van der Waals surface area contributed by atoms with E-state index in [1.165, 1.54) is 98.2 Å². The molecule has 344 valence electrons.